The Labute approximate surface area is 67.2 Å². The van der Waals surface area contributed by atoms with E-state index in [9.17, 15) is 4.79 Å². The molecule has 0 saturated carbocycles. The van der Waals surface area contributed by atoms with Gasteiger partial charge in [-0.2, -0.15) is 0 Å². The zero-order valence-electron chi connectivity index (χ0n) is 6.70. The maximum Gasteiger partial charge on any atom is 0.280 e. The SMILES string of the molecule is Cc1[nH]c2nnnn2c(=O)c1C. The van der Waals surface area contributed by atoms with Crippen LogP contribution in [0.4, 0.5) is 0 Å². The molecule has 2 rings (SSSR count). The molecule has 0 aliphatic heterocycles. The highest BCUT2D eigenvalue weighted by atomic mass is 16.1. The van der Waals surface area contributed by atoms with Crippen molar-refractivity contribution in [1.82, 2.24) is 25.0 Å². The van der Waals surface area contributed by atoms with Gasteiger partial charge in [0.05, 0.1) is 0 Å². The minimum absolute atomic E-state index is 0.175. The number of tetrazole rings is 1. The summed E-state index contributed by atoms with van der Waals surface area (Å²) in [5.41, 5.74) is 1.25. The molecule has 12 heavy (non-hydrogen) atoms. The number of aromatic nitrogens is 5. The van der Waals surface area contributed by atoms with Crippen LogP contribution in [0, 0.1) is 13.8 Å². The average molecular weight is 165 g/mol. The van der Waals surface area contributed by atoms with Crippen LogP contribution in [-0.2, 0) is 0 Å². The standard InChI is InChI=1S/C6H7N5O/c1-3-4(2)7-6-8-9-10-11(6)5(3)12/h1-2H3,(H,7,8,10). The Balaban J connectivity index is 3.05. The number of fused-ring (bicyclic) bond motifs is 1. The molecule has 0 spiro atoms. The van der Waals surface area contributed by atoms with Crippen LogP contribution in [0.1, 0.15) is 11.3 Å². The lowest BCUT2D eigenvalue weighted by molar-refractivity contribution is 0.792. The third-order valence-electron chi connectivity index (χ3n) is 1.84. The predicted octanol–water partition coefficient (Wildman–Crippen LogP) is -0.571. The summed E-state index contributed by atoms with van der Waals surface area (Å²) >= 11 is 0. The van der Waals surface area contributed by atoms with E-state index in [1.165, 1.54) is 0 Å². The van der Waals surface area contributed by atoms with E-state index < -0.39 is 0 Å². The molecule has 0 bridgehead atoms. The Morgan fingerprint density at radius 2 is 2.17 bits per heavy atom. The van der Waals surface area contributed by atoms with Crippen molar-refractivity contribution in [3.8, 4) is 0 Å². The first-order valence-corrected chi connectivity index (χ1v) is 3.47. The first-order valence-electron chi connectivity index (χ1n) is 3.47. The second-order valence-corrected chi connectivity index (χ2v) is 2.59. The number of hydrogen-bond acceptors (Lipinski definition) is 4. The Morgan fingerprint density at radius 3 is 2.92 bits per heavy atom. The summed E-state index contributed by atoms with van der Waals surface area (Å²) in [6.07, 6.45) is 0. The third kappa shape index (κ3) is 0.744. The molecule has 1 N–H and O–H groups in total. The number of rotatable bonds is 0. The van der Waals surface area contributed by atoms with Crippen molar-refractivity contribution >= 4 is 5.78 Å². The molecule has 6 heteroatoms. The minimum Gasteiger partial charge on any atom is -0.326 e. The van der Waals surface area contributed by atoms with Crippen molar-refractivity contribution in [3.63, 3.8) is 0 Å². The second-order valence-electron chi connectivity index (χ2n) is 2.59. The molecule has 0 aliphatic carbocycles. The van der Waals surface area contributed by atoms with Crippen LogP contribution in [0.2, 0.25) is 0 Å². The van der Waals surface area contributed by atoms with Gasteiger partial charge < -0.3 is 4.98 Å². The van der Waals surface area contributed by atoms with E-state index in [2.05, 4.69) is 20.5 Å². The molecule has 0 aromatic carbocycles. The molecule has 2 aromatic heterocycles. The van der Waals surface area contributed by atoms with Crippen LogP contribution >= 0.6 is 0 Å². The Kier molecular flexibility index (Phi) is 1.24. The van der Waals surface area contributed by atoms with Gasteiger partial charge in [0.25, 0.3) is 11.3 Å². The van der Waals surface area contributed by atoms with Gasteiger partial charge in [0.1, 0.15) is 0 Å². The fraction of sp³-hybridized carbons (Fsp3) is 0.333. The number of nitrogens with zero attached hydrogens (tertiary/aromatic N) is 4. The minimum atomic E-state index is -0.175. The smallest absolute Gasteiger partial charge is 0.280 e. The van der Waals surface area contributed by atoms with Gasteiger partial charge in [-0.15, -0.1) is 4.52 Å². The van der Waals surface area contributed by atoms with E-state index in [0.29, 0.717) is 11.3 Å². The van der Waals surface area contributed by atoms with Crippen molar-refractivity contribution < 1.29 is 0 Å². The lowest BCUT2D eigenvalue weighted by Crippen LogP contribution is -2.19. The molecule has 0 aliphatic rings. The van der Waals surface area contributed by atoms with Gasteiger partial charge in [0.2, 0.25) is 0 Å². The molecule has 2 aromatic rings. The molecular formula is C6H7N5O. The van der Waals surface area contributed by atoms with Crippen molar-refractivity contribution in [3.05, 3.63) is 21.6 Å². The molecule has 0 unspecified atom stereocenters. The van der Waals surface area contributed by atoms with E-state index in [-0.39, 0.29) is 5.56 Å². The summed E-state index contributed by atoms with van der Waals surface area (Å²) in [6.45, 7) is 3.54. The highest BCUT2D eigenvalue weighted by molar-refractivity contribution is 5.28. The van der Waals surface area contributed by atoms with Crippen LogP contribution in [0.3, 0.4) is 0 Å². The Bertz CT molecular complexity index is 482. The van der Waals surface area contributed by atoms with Crippen LogP contribution in [0.25, 0.3) is 5.78 Å². The molecule has 0 fully saturated rings. The fourth-order valence-corrected chi connectivity index (χ4v) is 0.983. The molecule has 6 nitrogen and oxygen atoms in total. The largest absolute Gasteiger partial charge is 0.326 e. The number of aryl methyl sites for hydroxylation is 1. The Hall–Kier alpha value is -1.72. The first-order chi connectivity index (χ1) is 5.70. The molecule has 62 valence electrons. The van der Waals surface area contributed by atoms with Gasteiger partial charge >= 0.3 is 0 Å². The van der Waals surface area contributed by atoms with Crippen LogP contribution in [-0.4, -0.2) is 25.0 Å². The quantitative estimate of drug-likeness (QED) is 0.567. The van der Waals surface area contributed by atoms with Gasteiger partial charge in [0, 0.05) is 11.3 Å². The zero-order valence-corrected chi connectivity index (χ0v) is 6.70. The summed E-state index contributed by atoms with van der Waals surface area (Å²) in [6, 6.07) is 0. The lowest BCUT2D eigenvalue weighted by atomic mass is 10.3. The van der Waals surface area contributed by atoms with Gasteiger partial charge in [0.15, 0.2) is 0 Å². The number of aromatic amines is 1. The number of H-pyrrole nitrogens is 1. The monoisotopic (exact) mass is 165 g/mol. The highest BCUT2D eigenvalue weighted by Crippen LogP contribution is 1.96. The number of nitrogens with one attached hydrogen (secondary N) is 1. The summed E-state index contributed by atoms with van der Waals surface area (Å²) in [5, 5.41) is 10.5. The van der Waals surface area contributed by atoms with Crippen molar-refractivity contribution in [2.24, 2.45) is 0 Å². The predicted molar refractivity (Wildman–Crippen MR) is 40.9 cm³/mol. The zero-order chi connectivity index (χ0) is 8.72. The summed E-state index contributed by atoms with van der Waals surface area (Å²) in [7, 11) is 0. The molecule has 2 heterocycles. The Morgan fingerprint density at radius 1 is 1.42 bits per heavy atom. The maximum absolute atomic E-state index is 11.4. The molecule has 0 radical (unpaired) electrons. The molecule has 0 saturated heterocycles. The van der Waals surface area contributed by atoms with E-state index in [1.54, 1.807) is 6.92 Å². The van der Waals surface area contributed by atoms with Crippen molar-refractivity contribution in [1.29, 1.82) is 0 Å². The topological polar surface area (TPSA) is 75.9 Å². The highest BCUT2D eigenvalue weighted by Gasteiger charge is 2.05. The summed E-state index contributed by atoms with van der Waals surface area (Å²) in [5.74, 6) is 0.378. The maximum atomic E-state index is 11.4. The average Bonchev–Trinajstić information content (AvgIpc) is 2.48. The second kappa shape index (κ2) is 2.13. The normalized spacial score (nSPS) is 10.8. The number of hydrogen-bond donors (Lipinski definition) is 1. The lowest BCUT2D eigenvalue weighted by Gasteiger charge is -1.97. The summed E-state index contributed by atoms with van der Waals surface area (Å²) < 4.78 is 1.14. The van der Waals surface area contributed by atoms with E-state index in [4.69, 9.17) is 0 Å². The van der Waals surface area contributed by atoms with Gasteiger partial charge in [-0.1, -0.05) is 5.10 Å². The molecule has 0 atom stereocenters. The van der Waals surface area contributed by atoms with E-state index >= 15 is 0 Å². The third-order valence-corrected chi connectivity index (χ3v) is 1.84. The first kappa shape index (κ1) is 6.96. The van der Waals surface area contributed by atoms with E-state index in [0.717, 1.165) is 10.2 Å². The molecule has 0 amide bonds. The molecular weight excluding hydrogens is 158 g/mol. The van der Waals surface area contributed by atoms with Gasteiger partial charge in [-0.25, -0.2) is 0 Å². The fourth-order valence-electron chi connectivity index (χ4n) is 0.983. The van der Waals surface area contributed by atoms with Crippen LogP contribution in [0.5, 0.6) is 0 Å². The van der Waals surface area contributed by atoms with Crippen molar-refractivity contribution in [2.45, 2.75) is 13.8 Å². The van der Waals surface area contributed by atoms with Crippen LogP contribution in [0.15, 0.2) is 4.79 Å². The van der Waals surface area contributed by atoms with Crippen LogP contribution < -0.4 is 5.56 Å². The van der Waals surface area contributed by atoms with Crippen molar-refractivity contribution in [2.75, 3.05) is 0 Å². The summed E-state index contributed by atoms with van der Waals surface area (Å²) in [4.78, 5) is 14.3. The van der Waals surface area contributed by atoms with E-state index in [1.807, 2.05) is 6.92 Å². The van der Waals surface area contributed by atoms with Gasteiger partial charge in [-0.3, -0.25) is 4.79 Å². The van der Waals surface area contributed by atoms with Gasteiger partial charge in [-0.05, 0) is 24.3 Å².